The van der Waals surface area contributed by atoms with Crippen molar-refractivity contribution in [2.75, 3.05) is 12.5 Å². The average molecular weight is 154 g/mol. The fourth-order valence-corrected chi connectivity index (χ4v) is 1.89. The summed E-state index contributed by atoms with van der Waals surface area (Å²) in [5, 5.41) is 0. The molecular weight excluding hydrogens is 140 g/mol. The molecule has 0 heterocycles. The predicted molar refractivity (Wildman–Crippen MR) is 51.0 cm³/mol. The van der Waals surface area contributed by atoms with E-state index in [4.69, 9.17) is 0 Å². The largest absolute Gasteiger partial charge is 0.255 e. The van der Waals surface area contributed by atoms with Crippen molar-refractivity contribution in [3.63, 3.8) is 0 Å². The van der Waals surface area contributed by atoms with Gasteiger partial charge < -0.3 is 0 Å². The van der Waals surface area contributed by atoms with E-state index in [0.29, 0.717) is 0 Å². The van der Waals surface area contributed by atoms with Gasteiger partial charge in [-0.1, -0.05) is 30.3 Å². The van der Waals surface area contributed by atoms with Gasteiger partial charge >= 0.3 is 0 Å². The van der Waals surface area contributed by atoms with Gasteiger partial charge in [-0.25, -0.2) is 0 Å². The van der Waals surface area contributed by atoms with Crippen molar-refractivity contribution >= 4 is 10.9 Å². The lowest BCUT2D eigenvalue weighted by molar-refractivity contribution is 1.41. The lowest BCUT2D eigenvalue weighted by atomic mass is 10.2. The van der Waals surface area contributed by atoms with Crippen LogP contribution in [0.4, 0.5) is 0 Å². The molecule has 0 aliphatic rings. The van der Waals surface area contributed by atoms with Crippen LogP contribution < -0.4 is 0 Å². The smallest absolute Gasteiger partial charge is 0.000395 e. The number of hydrogen-bond acceptors (Lipinski definition) is 0. The molecule has 0 bridgehead atoms. The molecule has 0 spiro atoms. The van der Waals surface area contributed by atoms with Crippen LogP contribution in [-0.4, -0.2) is 12.5 Å². The van der Waals surface area contributed by atoms with Crippen LogP contribution in [0.5, 0.6) is 0 Å². The molecule has 0 aliphatic heterocycles. The summed E-state index contributed by atoms with van der Waals surface area (Å²) in [5.41, 5.74) is 1.47. The summed E-state index contributed by atoms with van der Waals surface area (Å²) < 4.78 is 0. The Bertz CT molecular complexity index is 179. The van der Waals surface area contributed by atoms with Gasteiger partial charge in [0, 0.05) is 0 Å². The van der Waals surface area contributed by atoms with E-state index in [1.807, 2.05) is 0 Å². The first-order valence-corrected chi connectivity index (χ1v) is 5.90. The van der Waals surface area contributed by atoms with Crippen LogP contribution in [0.15, 0.2) is 30.3 Å². The second kappa shape index (κ2) is 3.67. The Balaban J connectivity index is 2.59. The third-order valence-electron chi connectivity index (χ3n) is 1.34. The molecule has 0 saturated carbocycles. The number of benzene rings is 1. The zero-order chi connectivity index (χ0) is 7.40. The maximum Gasteiger partial charge on any atom is -0.000395 e. The first-order valence-electron chi connectivity index (χ1n) is 3.47. The maximum atomic E-state index is 2.31. The van der Waals surface area contributed by atoms with E-state index < -0.39 is 0 Å². The standard InChI is InChI=1S/C9H14S/c1-10(2)8-9-6-4-3-5-7-9/h3-7,10H,8H2,1-2H3. The van der Waals surface area contributed by atoms with E-state index in [1.54, 1.807) is 0 Å². The number of rotatable bonds is 2. The lowest BCUT2D eigenvalue weighted by Crippen LogP contribution is -1.82. The van der Waals surface area contributed by atoms with Gasteiger partial charge in [-0.3, -0.25) is 10.9 Å². The molecule has 0 N–H and O–H groups in total. The molecule has 0 aromatic heterocycles. The van der Waals surface area contributed by atoms with Gasteiger partial charge in [0.05, 0.1) is 0 Å². The fourth-order valence-electron chi connectivity index (χ4n) is 0.949. The molecule has 0 amide bonds. The molecule has 0 aliphatic carbocycles. The minimum atomic E-state index is 0.223. The minimum absolute atomic E-state index is 0.223. The van der Waals surface area contributed by atoms with Crippen LogP contribution in [-0.2, 0) is 5.75 Å². The first kappa shape index (κ1) is 7.67. The summed E-state index contributed by atoms with van der Waals surface area (Å²) in [6.07, 6.45) is 4.62. The van der Waals surface area contributed by atoms with E-state index in [9.17, 15) is 0 Å². The zero-order valence-corrected chi connectivity index (χ0v) is 7.44. The summed E-state index contributed by atoms with van der Waals surface area (Å²) >= 11 is 0. The summed E-state index contributed by atoms with van der Waals surface area (Å²) in [4.78, 5) is 0. The van der Waals surface area contributed by atoms with E-state index in [-0.39, 0.29) is 10.9 Å². The van der Waals surface area contributed by atoms with Crippen LogP contribution in [0.2, 0.25) is 0 Å². The molecule has 1 rings (SSSR count). The highest BCUT2D eigenvalue weighted by atomic mass is 32.2. The Kier molecular flexibility index (Phi) is 2.82. The van der Waals surface area contributed by atoms with Gasteiger partial charge in [0.15, 0.2) is 0 Å². The fraction of sp³-hybridized carbons (Fsp3) is 0.333. The van der Waals surface area contributed by atoms with Gasteiger partial charge in [-0.2, -0.15) is 0 Å². The molecule has 0 nitrogen and oxygen atoms in total. The molecule has 0 fully saturated rings. The molecule has 0 atom stereocenters. The molecular formula is C9H14S. The average Bonchev–Trinajstić information content (AvgIpc) is 1.88. The van der Waals surface area contributed by atoms with Crippen LogP contribution in [0.25, 0.3) is 0 Å². The Morgan fingerprint density at radius 3 is 2.20 bits per heavy atom. The summed E-state index contributed by atoms with van der Waals surface area (Å²) in [5.74, 6) is 1.26. The Morgan fingerprint density at radius 2 is 1.70 bits per heavy atom. The highest BCUT2D eigenvalue weighted by molar-refractivity contribution is 8.15. The van der Waals surface area contributed by atoms with Crippen molar-refractivity contribution in [2.45, 2.75) is 5.75 Å². The minimum Gasteiger partial charge on any atom is -0.255 e. The SMILES string of the molecule is C[SH](C)Cc1ccccc1. The summed E-state index contributed by atoms with van der Waals surface area (Å²) in [7, 11) is 0.223. The second-order valence-electron chi connectivity index (χ2n) is 2.72. The molecule has 1 heteroatoms. The Labute approximate surface area is 65.6 Å². The molecule has 10 heavy (non-hydrogen) atoms. The first-order chi connectivity index (χ1) is 4.79. The quantitative estimate of drug-likeness (QED) is 0.621. The van der Waals surface area contributed by atoms with Gasteiger partial charge in [-0.05, 0) is 23.8 Å². The molecule has 1 aromatic carbocycles. The van der Waals surface area contributed by atoms with E-state index in [2.05, 4.69) is 42.8 Å². The third-order valence-corrected chi connectivity index (χ3v) is 2.34. The molecule has 56 valence electrons. The monoisotopic (exact) mass is 154 g/mol. The zero-order valence-electron chi connectivity index (χ0n) is 6.54. The molecule has 0 radical (unpaired) electrons. The van der Waals surface area contributed by atoms with Gasteiger partial charge in [-0.15, -0.1) is 0 Å². The number of hydrogen-bond donors (Lipinski definition) is 1. The summed E-state index contributed by atoms with van der Waals surface area (Å²) in [6.45, 7) is 0. The van der Waals surface area contributed by atoms with Crippen LogP contribution in [0.1, 0.15) is 5.56 Å². The Hall–Kier alpha value is -0.430. The lowest BCUT2D eigenvalue weighted by Gasteiger charge is -2.07. The van der Waals surface area contributed by atoms with Crippen molar-refractivity contribution in [1.82, 2.24) is 0 Å². The predicted octanol–water partition coefficient (Wildman–Crippen LogP) is 2.45. The highest BCUT2D eigenvalue weighted by Crippen LogP contribution is 2.20. The maximum absolute atomic E-state index is 2.31. The second-order valence-corrected chi connectivity index (χ2v) is 5.20. The molecule has 1 aromatic rings. The van der Waals surface area contributed by atoms with Gasteiger partial charge in [0.25, 0.3) is 0 Å². The normalized spacial score (nSPS) is 11.2. The highest BCUT2D eigenvalue weighted by Gasteiger charge is 1.90. The van der Waals surface area contributed by atoms with Crippen molar-refractivity contribution in [1.29, 1.82) is 0 Å². The van der Waals surface area contributed by atoms with Crippen molar-refractivity contribution in [3.05, 3.63) is 35.9 Å². The third kappa shape index (κ3) is 2.44. The van der Waals surface area contributed by atoms with Gasteiger partial charge in [0.1, 0.15) is 0 Å². The molecule has 0 unspecified atom stereocenters. The van der Waals surface area contributed by atoms with Crippen molar-refractivity contribution < 1.29 is 0 Å². The van der Waals surface area contributed by atoms with Crippen LogP contribution in [0, 0.1) is 0 Å². The number of thiol groups is 1. The van der Waals surface area contributed by atoms with E-state index in [0.717, 1.165) is 0 Å². The summed E-state index contributed by atoms with van der Waals surface area (Å²) in [6, 6.07) is 10.7. The van der Waals surface area contributed by atoms with Crippen LogP contribution >= 0.6 is 10.9 Å². The van der Waals surface area contributed by atoms with Crippen LogP contribution in [0.3, 0.4) is 0 Å². The Morgan fingerprint density at radius 1 is 1.10 bits per heavy atom. The van der Waals surface area contributed by atoms with Gasteiger partial charge in [0.2, 0.25) is 0 Å². The molecule has 0 saturated heterocycles. The van der Waals surface area contributed by atoms with E-state index in [1.165, 1.54) is 11.3 Å². The van der Waals surface area contributed by atoms with Crippen molar-refractivity contribution in [2.24, 2.45) is 0 Å². The van der Waals surface area contributed by atoms with E-state index >= 15 is 0 Å². The van der Waals surface area contributed by atoms with Crippen molar-refractivity contribution in [3.8, 4) is 0 Å². The topological polar surface area (TPSA) is 0 Å².